The Morgan fingerprint density at radius 3 is 2.67 bits per heavy atom. The molecule has 0 fully saturated rings. The van der Waals surface area contributed by atoms with Gasteiger partial charge in [-0.05, 0) is 48.9 Å². The van der Waals surface area contributed by atoms with E-state index in [1.54, 1.807) is 11.3 Å². The number of fused-ring (bicyclic) bond motifs is 1. The predicted octanol–water partition coefficient (Wildman–Crippen LogP) is 3.48. The lowest BCUT2D eigenvalue weighted by Crippen LogP contribution is -2.41. The second-order valence-electron chi connectivity index (χ2n) is 6.07. The van der Waals surface area contributed by atoms with Crippen LogP contribution in [0.3, 0.4) is 0 Å². The van der Waals surface area contributed by atoms with Crippen LogP contribution in [-0.2, 0) is 19.3 Å². The van der Waals surface area contributed by atoms with Crippen molar-refractivity contribution in [3.63, 3.8) is 0 Å². The molecule has 0 saturated carbocycles. The average molecular weight is 301 g/mol. The molecular weight excluding hydrogens is 278 g/mol. The van der Waals surface area contributed by atoms with Crippen molar-refractivity contribution in [3.05, 3.63) is 57.3 Å². The number of thiophene rings is 1. The second-order valence-corrected chi connectivity index (χ2v) is 7.27. The van der Waals surface area contributed by atoms with Crippen LogP contribution in [0.4, 0.5) is 0 Å². The molecule has 2 unspecified atom stereocenters. The zero-order valence-corrected chi connectivity index (χ0v) is 13.3. The molecule has 0 aliphatic heterocycles. The fraction of sp³-hybridized carbons (Fsp3) is 0.444. The molecule has 0 saturated heterocycles. The number of nitrogens with two attached hydrogens (primary N) is 1. The maximum Gasteiger partial charge on any atom is 0.0953 e. The molecule has 1 aliphatic rings. The van der Waals surface area contributed by atoms with Crippen LogP contribution in [0.15, 0.2) is 36.4 Å². The van der Waals surface area contributed by atoms with E-state index >= 15 is 0 Å². The third-order valence-corrected chi connectivity index (χ3v) is 6.12. The molecule has 2 aromatic rings. The van der Waals surface area contributed by atoms with Crippen LogP contribution in [0.1, 0.15) is 40.3 Å². The van der Waals surface area contributed by atoms with Crippen molar-refractivity contribution in [1.82, 2.24) is 0 Å². The van der Waals surface area contributed by atoms with Gasteiger partial charge in [-0.3, -0.25) is 0 Å². The lowest BCUT2D eigenvalue weighted by Gasteiger charge is -2.40. The third-order valence-electron chi connectivity index (χ3n) is 4.84. The Balaban J connectivity index is 1.91. The summed E-state index contributed by atoms with van der Waals surface area (Å²) in [6, 6.07) is 12.8. The molecule has 3 heteroatoms. The summed E-state index contributed by atoms with van der Waals surface area (Å²) in [4.78, 5) is 2.39. The van der Waals surface area contributed by atoms with Gasteiger partial charge in [0.2, 0.25) is 0 Å². The van der Waals surface area contributed by atoms with E-state index < -0.39 is 6.10 Å². The van der Waals surface area contributed by atoms with E-state index in [2.05, 4.69) is 43.3 Å². The van der Waals surface area contributed by atoms with Crippen molar-refractivity contribution in [2.75, 3.05) is 6.54 Å². The molecule has 3 rings (SSSR count). The van der Waals surface area contributed by atoms with Crippen molar-refractivity contribution in [2.45, 2.75) is 38.7 Å². The fourth-order valence-corrected chi connectivity index (χ4v) is 4.46. The molecule has 0 bridgehead atoms. The Bertz CT molecular complexity index is 621. The molecule has 21 heavy (non-hydrogen) atoms. The van der Waals surface area contributed by atoms with Gasteiger partial charge in [0.15, 0.2) is 0 Å². The molecule has 3 N–H and O–H groups in total. The Morgan fingerprint density at radius 1 is 1.24 bits per heavy atom. The van der Waals surface area contributed by atoms with Gasteiger partial charge in [-0.25, -0.2) is 0 Å². The van der Waals surface area contributed by atoms with Gasteiger partial charge in [0.1, 0.15) is 0 Å². The maximum absolute atomic E-state index is 11.0. The number of aryl methyl sites for hydroxylation is 2. The van der Waals surface area contributed by atoms with Crippen molar-refractivity contribution in [3.8, 4) is 0 Å². The first-order chi connectivity index (χ1) is 10.2. The van der Waals surface area contributed by atoms with Crippen LogP contribution in [0.2, 0.25) is 0 Å². The normalized spacial score (nSPS) is 22.8. The van der Waals surface area contributed by atoms with Crippen LogP contribution in [-0.4, -0.2) is 11.7 Å². The van der Waals surface area contributed by atoms with E-state index in [-0.39, 0.29) is 5.41 Å². The zero-order chi connectivity index (χ0) is 14.9. The quantitative estimate of drug-likeness (QED) is 0.908. The minimum Gasteiger partial charge on any atom is -0.387 e. The summed E-state index contributed by atoms with van der Waals surface area (Å²) < 4.78 is 0. The largest absolute Gasteiger partial charge is 0.387 e. The molecule has 1 aliphatic carbocycles. The minimum atomic E-state index is -0.457. The van der Waals surface area contributed by atoms with E-state index in [4.69, 9.17) is 5.73 Å². The highest BCUT2D eigenvalue weighted by Crippen LogP contribution is 2.45. The monoisotopic (exact) mass is 301 g/mol. The van der Waals surface area contributed by atoms with Crippen molar-refractivity contribution in [1.29, 1.82) is 0 Å². The third kappa shape index (κ3) is 2.66. The van der Waals surface area contributed by atoms with Crippen LogP contribution in [0, 0.1) is 5.41 Å². The second kappa shape index (κ2) is 5.91. The van der Waals surface area contributed by atoms with E-state index in [9.17, 15) is 5.11 Å². The van der Waals surface area contributed by atoms with Crippen LogP contribution in [0.5, 0.6) is 0 Å². The smallest absolute Gasteiger partial charge is 0.0953 e. The summed E-state index contributed by atoms with van der Waals surface area (Å²) in [5.41, 5.74) is 8.66. The van der Waals surface area contributed by atoms with Crippen LogP contribution < -0.4 is 5.73 Å². The number of rotatable bonds is 4. The Hall–Kier alpha value is -1.16. The van der Waals surface area contributed by atoms with Crippen LogP contribution >= 0.6 is 11.3 Å². The molecule has 0 amide bonds. The topological polar surface area (TPSA) is 46.2 Å². The van der Waals surface area contributed by atoms with Crippen molar-refractivity contribution >= 4 is 11.3 Å². The van der Waals surface area contributed by atoms with Crippen LogP contribution in [0.25, 0.3) is 0 Å². The lowest BCUT2D eigenvalue weighted by molar-refractivity contribution is 0.0204. The molecule has 1 aromatic carbocycles. The van der Waals surface area contributed by atoms with E-state index in [1.165, 1.54) is 16.0 Å². The van der Waals surface area contributed by atoms with Gasteiger partial charge in [-0.2, -0.15) is 0 Å². The zero-order valence-electron chi connectivity index (χ0n) is 12.5. The Kier molecular flexibility index (Phi) is 4.16. The number of aliphatic hydroxyl groups excluding tert-OH is 1. The highest BCUT2D eigenvalue weighted by molar-refractivity contribution is 7.12. The molecule has 0 spiro atoms. The summed E-state index contributed by atoms with van der Waals surface area (Å²) in [6.07, 6.45) is 3.41. The lowest BCUT2D eigenvalue weighted by atomic mass is 9.68. The minimum absolute atomic E-state index is 0.218. The first-order valence-corrected chi connectivity index (χ1v) is 8.54. The average Bonchev–Trinajstić information content (AvgIpc) is 3.02. The van der Waals surface area contributed by atoms with Gasteiger partial charge >= 0.3 is 0 Å². The molecular formula is C18H23NOS. The summed E-state index contributed by atoms with van der Waals surface area (Å²) in [6.45, 7) is 2.68. The molecule has 2 atom stereocenters. The van der Waals surface area contributed by atoms with Gasteiger partial charge in [0, 0.05) is 21.7 Å². The molecule has 1 heterocycles. The van der Waals surface area contributed by atoms with Gasteiger partial charge in [-0.1, -0.05) is 31.2 Å². The van der Waals surface area contributed by atoms with E-state index in [1.807, 2.05) is 0 Å². The Labute approximate surface area is 130 Å². The fourth-order valence-electron chi connectivity index (χ4n) is 3.38. The summed E-state index contributed by atoms with van der Waals surface area (Å²) in [7, 11) is 0. The van der Waals surface area contributed by atoms with Crippen molar-refractivity contribution < 1.29 is 5.11 Å². The van der Waals surface area contributed by atoms with E-state index in [0.29, 0.717) is 6.54 Å². The van der Waals surface area contributed by atoms with Gasteiger partial charge in [-0.15, -0.1) is 11.3 Å². The highest BCUT2D eigenvalue weighted by atomic mass is 32.1. The van der Waals surface area contributed by atoms with Gasteiger partial charge in [0.05, 0.1) is 6.10 Å². The first-order valence-electron chi connectivity index (χ1n) is 7.72. The summed E-state index contributed by atoms with van der Waals surface area (Å²) >= 11 is 1.72. The van der Waals surface area contributed by atoms with Crippen molar-refractivity contribution in [2.24, 2.45) is 11.1 Å². The summed E-state index contributed by atoms with van der Waals surface area (Å²) in [5.74, 6) is 0. The first kappa shape index (κ1) is 14.8. The predicted molar refractivity (Wildman–Crippen MR) is 88.6 cm³/mol. The van der Waals surface area contributed by atoms with Gasteiger partial charge in [0.25, 0.3) is 0 Å². The SMILES string of the molecule is CCc1ccc(C(O)C2(CN)CCc3ccccc3C2)s1. The molecule has 2 nitrogen and oxygen atoms in total. The molecule has 0 radical (unpaired) electrons. The number of benzene rings is 1. The number of hydrogen-bond donors (Lipinski definition) is 2. The summed E-state index contributed by atoms with van der Waals surface area (Å²) in [5, 5.41) is 11.0. The molecule has 1 aromatic heterocycles. The highest BCUT2D eigenvalue weighted by Gasteiger charge is 2.40. The van der Waals surface area contributed by atoms with E-state index in [0.717, 1.165) is 30.6 Å². The number of aliphatic hydroxyl groups is 1. The maximum atomic E-state index is 11.0. The van der Waals surface area contributed by atoms with Gasteiger partial charge < -0.3 is 10.8 Å². The standard InChI is InChI=1S/C18H23NOS/c1-2-15-7-8-16(21-15)17(20)18(12-19)10-9-13-5-3-4-6-14(13)11-18/h3-8,17,20H,2,9-12,19H2,1H3. The molecule has 112 valence electrons. The Morgan fingerprint density at radius 2 is 2.00 bits per heavy atom. The number of hydrogen-bond acceptors (Lipinski definition) is 3.